The van der Waals surface area contributed by atoms with E-state index in [2.05, 4.69) is 26.0 Å². The Hall–Kier alpha value is -2.24. The van der Waals surface area contributed by atoms with Gasteiger partial charge < -0.3 is 10.5 Å². The Morgan fingerprint density at radius 1 is 1.35 bits per heavy atom. The van der Waals surface area contributed by atoms with Crippen LogP contribution < -0.4 is 10.5 Å². The van der Waals surface area contributed by atoms with Gasteiger partial charge in [0, 0.05) is 6.20 Å². The summed E-state index contributed by atoms with van der Waals surface area (Å²) in [7, 11) is 0. The van der Waals surface area contributed by atoms with E-state index in [9.17, 15) is 0 Å². The van der Waals surface area contributed by atoms with E-state index in [4.69, 9.17) is 10.5 Å². The molecule has 6 nitrogen and oxygen atoms in total. The fraction of sp³-hybridized carbons (Fsp3) is 0.429. The number of hydrogen-bond donors (Lipinski definition) is 1. The first kappa shape index (κ1) is 12.8. The van der Waals surface area contributed by atoms with Crippen LogP contribution in [0.4, 0.5) is 5.95 Å². The Labute approximate surface area is 117 Å². The lowest BCUT2D eigenvalue weighted by Crippen LogP contribution is -2.11. The summed E-state index contributed by atoms with van der Waals surface area (Å²) in [5.41, 5.74) is 8.05. The fourth-order valence-corrected chi connectivity index (χ4v) is 2.47. The van der Waals surface area contributed by atoms with E-state index in [1.165, 1.54) is 5.56 Å². The molecule has 1 unspecified atom stereocenters. The summed E-state index contributed by atoms with van der Waals surface area (Å²) in [6.07, 6.45) is 4.64. The van der Waals surface area contributed by atoms with E-state index in [-0.39, 0.29) is 11.9 Å². The molecule has 6 heteroatoms. The summed E-state index contributed by atoms with van der Waals surface area (Å²) in [5, 5.41) is 0. The lowest BCUT2D eigenvalue weighted by atomic mass is 10.1. The summed E-state index contributed by atoms with van der Waals surface area (Å²) in [4.78, 5) is 17.1. The smallest absolute Gasteiger partial charge is 0.321 e. The Morgan fingerprint density at radius 2 is 2.25 bits per heavy atom. The number of fused-ring (bicyclic) bond motifs is 1. The number of nitrogens with two attached hydrogens (primary N) is 1. The SMILES string of the molecule is CCCOc1nc(N)nc(C2CCc3cccnc32)n1. The number of aromatic nitrogens is 4. The molecule has 0 aliphatic heterocycles. The second kappa shape index (κ2) is 5.40. The molecular formula is C14H17N5O. The molecule has 2 aromatic rings. The highest BCUT2D eigenvalue weighted by molar-refractivity contribution is 5.34. The van der Waals surface area contributed by atoms with Crippen molar-refractivity contribution in [3.63, 3.8) is 0 Å². The number of nitrogens with zero attached hydrogens (tertiary/aromatic N) is 4. The molecule has 2 aromatic heterocycles. The monoisotopic (exact) mass is 271 g/mol. The van der Waals surface area contributed by atoms with Gasteiger partial charge in [0.05, 0.1) is 18.2 Å². The van der Waals surface area contributed by atoms with Crippen LogP contribution in [0.15, 0.2) is 18.3 Å². The summed E-state index contributed by atoms with van der Waals surface area (Å²) in [6, 6.07) is 4.36. The van der Waals surface area contributed by atoms with Gasteiger partial charge in [0.25, 0.3) is 0 Å². The third-order valence-electron chi connectivity index (χ3n) is 3.35. The highest BCUT2D eigenvalue weighted by atomic mass is 16.5. The number of aryl methyl sites for hydroxylation is 1. The highest BCUT2D eigenvalue weighted by Gasteiger charge is 2.28. The minimum absolute atomic E-state index is 0.0838. The average molecular weight is 271 g/mol. The maximum Gasteiger partial charge on any atom is 0.321 e. The number of hydrogen-bond acceptors (Lipinski definition) is 6. The predicted octanol–water partition coefficient (Wildman–Crippen LogP) is 1.72. The van der Waals surface area contributed by atoms with Gasteiger partial charge in [0.2, 0.25) is 5.95 Å². The lowest BCUT2D eigenvalue weighted by molar-refractivity contribution is 0.290. The molecule has 0 radical (unpaired) electrons. The van der Waals surface area contributed by atoms with Gasteiger partial charge >= 0.3 is 6.01 Å². The average Bonchev–Trinajstić information content (AvgIpc) is 2.88. The lowest BCUT2D eigenvalue weighted by Gasteiger charge is -2.11. The van der Waals surface area contributed by atoms with E-state index in [0.717, 1.165) is 25.0 Å². The number of rotatable bonds is 4. The van der Waals surface area contributed by atoms with Gasteiger partial charge in [-0.15, -0.1) is 0 Å². The Bertz CT molecular complexity index is 616. The van der Waals surface area contributed by atoms with Crippen LogP contribution in [0.3, 0.4) is 0 Å². The molecule has 2 N–H and O–H groups in total. The Balaban J connectivity index is 1.93. The summed E-state index contributed by atoms with van der Waals surface area (Å²) in [6.45, 7) is 2.60. The van der Waals surface area contributed by atoms with Gasteiger partial charge in [-0.1, -0.05) is 13.0 Å². The summed E-state index contributed by atoms with van der Waals surface area (Å²) in [5.74, 6) is 0.937. The first-order chi connectivity index (χ1) is 9.78. The Kier molecular flexibility index (Phi) is 3.45. The molecule has 0 fully saturated rings. The molecular weight excluding hydrogens is 254 g/mol. The van der Waals surface area contributed by atoms with Crippen molar-refractivity contribution >= 4 is 5.95 Å². The van der Waals surface area contributed by atoms with Gasteiger partial charge in [-0.05, 0) is 30.9 Å². The van der Waals surface area contributed by atoms with Crippen LogP contribution in [-0.2, 0) is 6.42 Å². The minimum Gasteiger partial charge on any atom is -0.463 e. The topological polar surface area (TPSA) is 86.8 Å². The van der Waals surface area contributed by atoms with Crippen molar-refractivity contribution in [3.05, 3.63) is 35.4 Å². The number of ether oxygens (including phenoxy) is 1. The first-order valence-electron chi connectivity index (χ1n) is 6.86. The van der Waals surface area contributed by atoms with Crippen LogP contribution in [0, 0.1) is 0 Å². The zero-order valence-electron chi connectivity index (χ0n) is 11.4. The van der Waals surface area contributed by atoms with E-state index < -0.39 is 0 Å². The molecule has 1 atom stereocenters. The van der Waals surface area contributed by atoms with Crippen LogP contribution in [0.1, 0.15) is 42.8 Å². The quantitative estimate of drug-likeness (QED) is 0.911. The second-order valence-corrected chi connectivity index (χ2v) is 4.82. The van der Waals surface area contributed by atoms with Gasteiger partial charge in [-0.3, -0.25) is 4.98 Å². The number of pyridine rings is 1. The van der Waals surface area contributed by atoms with Crippen LogP contribution >= 0.6 is 0 Å². The third kappa shape index (κ3) is 2.41. The first-order valence-corrected chi connectivity index (χ1v) is 6.86. The molecule has 3 rings (SSSR count). The predicted molar refractivity (Wildman–Crippen MR) is 74.4 cm³/mol. The zero-order valence-corrected chi connectivity index (χ0v) is 11.4. The zero-order chi connectivity index (χ0) is 13.9. The molecule has 0 spiro atoms. The molecule has 20 heavy (non-hydrogen) atoms. The van der Waals surface area contributed by atoms with Crippen molar-refractivity contribution in [2.75, 3.05) is 12.3 Å². The van der Waals surface area contributed by atoms with Gasteiger partial charge in [-0.2, -0.15) is 15.0 Å². The largest absolute Gasteiger partial charge is 0.463 e. The molecule has 104 valence electrons. The van der Waals surface area contributed by atoms with Gasteiger partial charge in [0.1, 0.15) is 5.82 Å². The van der Waals surface area contributed by atoms with Crippen molar-refractivity contribution in [2.24, 2.45) is 0 Å². The molecule has 0 saturated heterocycles. The normalized spacial score (nSPS) is 16.9. The molecule has 1 aliphatic rings. The van der Waals surface area contributed by atoms with Crippen molar-refractivity contribution in [3.8, 4) is 6.01 Å². The van der Waals surface area contributed by atoms with E-state index in [1.807, 2.05) is 13.0 Å². The van der Waals surface area contributed by atoms with Crippen molar-refractivity contribution in [1.82, 2.24) is 19.9 Å². The van der Waals surface area contributed by atoms with E-state index in [0.29, 0.717) is 18.4 Å². The summed E-state index contributed by atoms with van der Waals surface area (Å²) >= 11 is 0. The minimum atomic E-state index is 0.0838. The molecule has 0 bridgehead atoms. The maximum atomic E-state index is 5.76. The van der Waals surface area contributed by atoms with Crippen LogP contribution in [0.5, 0.6) is 6.01 Å². The van der Waals surface area contributed by atoms with Crippen molar-refractivity contribution < 1.29 is 4.74 Å². The molecule has 0 saturated carbocycles. The number of anilines is 1. The van der Waals surface area contributed by atoms with Gasteiger partial charge in [-0.25, -0.2) is 0 Å². The van der Waals surface area contributed by atoms with Crippen LogP contribution in [0.2, 0.25) is 0 Å². The molecule has 2 heterocycles. The van der Waals surface area contributed by atoms with Crippen molar-refractivity contribution in [1.29, 1.82) is 0 Å². The second-order valence-electron chi connectivity index (χ2n) is 4.82. The third-order valence-corrected chi connectivity index (χ3v) is 3.35. The summed E-state index contributed by atoms with van der Waals surface area (Å²) < 4.78 is 5.46. The molecule has 1 aliphatic carbocycles. The number of nitrogen functional groups attached to an aromatic ring is 1. The van der Waals surface area contributed by atoms with Crippen molar-refractivity contribution in [2.45, 2.75) is 32.1 Å². The van der Waals surface area contributed by atoms with Crippen LogP contribution in [0.25, 0.3) is 0 Å². The Morgan fingerprint density at radius 3 is 3.10 bits per heavy atom. The molecule has 0 amide bonds. The van der Waals surface area contributed by atoms with Gasteiger partial charge in [0.15, 0.2) is 0 Å². The van der Waals surface area contributed by atoms with Crippen LogP contribution in [-0.4, -0.2) is 26.5 Å². The highest BCUT2D eigenvalue weighted by Crippen LogP contribution is 2.35. The van der Waals surface area contributed by atoms with E-state index >= 15 is 0 Å². The standard InChI is InChI=1S/C14H17N5O/c1-2-8-20-14-18-12(17-13(15)19-14)10-6-5-9-4-3-7-16-11(9)10/h3-4,7,10H,2,5-6,8H2,1H3,(H2,15,17,18,19). The molecule has 0 aromatic carbocycles. The maximum absolute atomic E-state index is 5.76. The van der Waals surface area contributed by atoms with E-state index in [1.54, 1.807) is 6.20 Å². The fourth-order valence-electron chi connectivity index (χ4n) is 2.47.